The van der Waals surface area contributed by atoms with Gasteiger partial charge in [0.25, 0.3) is 5.88 Å². The molecule has 0 spiro atoms. The molecular formula is C21H24N4O4. The summed E-state index contributed by atoms with van der Waals surface area (Å²) < 4.78 is 11.7. The van der Waals surface area contributed by atoms with Gasteiger partial charge in [0, 0.05) is 32.3 Å². The average Bonchev–Trinajstić information content (AvgIpc) is 2.73. The molecule has 8 heteroatoms. The second-order valence-electron chi connectivity index (χ2n) is 7.15. The van der Waals surface area contributed by atoms with E-state index < -0.39 is 6.03 Å². The fourth-order valence-electron chi connectivity index (χ4n) is 3.46. The van der Waals surface area contributed by atoms with Crippen LogP contribution in [0.25, 0.3) is 0 Å². The predicted molar refractivity (Wildman–Crippen MR) is 106 cm³/mol. The Balaban J connectivity index is 1.36. The van der Waals surface area contributed by atoms with E-state index in [1.807, 2.05) is 24.3 Å². The second-order valence-corrected chi connectivity index (χ2v) is 7.15. The molecule has 2 aromatic rings. The molecule has 2 N–H and O–H groups in total. The normalized spacial score (nSPS) is 20.5. The fraction of sp³-hybridized carbons (Fsp3) is 0.381. The van der Waals surface area contributed by atoms with Gasteiger partial charge in [-0.15, -0.1) is 0 Å². The molecule has 0 unspecified atom stereocenters. The van der Waals surface area contributed by atoms with Gasteiger partial charge in [0.15, 0.2) is 11.9 Å². The van der Waals surface area contributed by atoms with E-state index in [9.17, 15) is 9.59 Å². The van der Waals surface area contributed by atoms with Crippen molar-refractivity contribution < 1.29 is 19.1 Å². The molecule has 1 saturated heterocycles. The molecule has 0 saturated carbocycles. The average molecular weight is 396 g/mol. The number of carbonyl (C=O) groups is 2. The molecule has 3 amide bonds. The zero-order valence-electron chi connectivity index (χ0n) is 16.1. The maximum Gasteiger partial charge on any atom is 0.321 e. The lowest BCUT2D eigenvalue weighted by molar-refractivity contribution is -0.120. The summed E-state index contributed by atoms with van der Waals surface area (Å²) >= 11 is 0. The summed E-state index contributed by atoms with van der Waals surface area (Å²) in [6, 6.07) is 11.5. The van der Waals surface area contributed by atoms with Crippen molar-refractivity contribution in [2.45, 2.75) is 25.5 Å². The van der Waals surface area contributed by atoms with Crippen LogP contribution in [0.15, 0.2) is 42.6 Å². The van der Waals surface area contributed by atoms with Gasteiger partial charge in [0.05, 0.1) is 0 Å². The zero-order chi connectivity index (χ0) is 20.1. The molecule has 29 heavy (non-hydrogen) atoms. The lowest BCUT2D eigenvalue weighted by Gasteiger charge is -2.26. The maximum absolute atomic E-state index is 11.6. The summed E-state index contributed by atoms with van der Waals surface area (Å²) in [5.41, 5.74) is 2.20. The lowest BCUT2D eigenvalue weighted by Crippen LogP contribution is -2.44. The Labute approximate surface area is 169 Å². The minimum absolute atomic E-state index is 0.186. The first-order chi connectivity index (χ1) is 14.2. The number of hydrogen-bond donors (Lipinski definition) is 2. The molecule has 2 aliphatic rings. The molecule has 8 nitrogen and oxygen atoms in total. The number of nitrogens with zero attached hydrogens (tertiary/aromatic N) is 2. The van der Waals surface area contributed by atoms with Crippen molar-refractivity contribution in [3.05, 3.63) is 53.7 Å². The number of fused-ring (bicyclic) bond motifs is 1. The van der Waals surface area contributed by atoms with Crippen molar-refractivity contribution in [3.63, 3.8) is 0 Å². The topological polar surface area (TPSA) is 92.8 Å². The summed E-state index contributed by atoms with van der Waals surface area (Å²) in [5.74, 6) is 0.955. The van der Waals surface area contributed by atoms with E-state index in [1.165, 1.54) is 0 Å². The summed E-state index contributed by atoms with van der Waals surface area (Å²) in [6.07, 6.45) is 2.57. The van der Waals surface area contributed by atoms with Crippen LogP contribution in [-0.2, 0) is 11.3 Å². The van der Waals surface area contributed by atoms with Crippen LogP contribution in [0.1, 0.15) is 30.1 Å². The highest BCUT2D eigenvalue weighted by Gasteiger charge is 2.23. The standard InChI is InChI=1S/C21H24N4O4/c26-19-4-2-11-25(12-10-23-21(27)24-19)13-15-5-7-16(8-6-15)18-14-28-17-3-1-9-22-20(17)29-18/h1,3,5-9,18H,2,4,10-14H2,(H2,23,24,26,27)/t18-/m1/s1. The summed E-state index contributed by atoms with van der Waals surface area (Å²) in [6.45, 7) is 3.23. The lowest BCUT2D eigenvalue weighted by atomic mass is 10.1. The Morgan fingerprint density at radius 1 is 1.14 bits per heavy atom. The number of rotatable bonds is 3. The summed E-state index contributed by atoms with van der Waals surface area (Å²) in [5, 5.41) is 5.03. The molecule has 3 heterocycles. The Morgan fingerprint density at radius 3 is 2.86 bits per heavy atom. The van der Waals surface area contributed by atoms with Gasteiger partial charge < -0.3 is 14.8 Å². The Kier molecular flexibility index (Phi) is 5.90. The van der Waals surface area contributed by atoms with E-state index in [1.54, 1.807) is 6.20 Å². The first kappa shape index (κ1) is 19.2. The Hall–Kier alpha value is -3.13. The molecule has 1 atom stereocenters. The van der Waals surface area contributed by atoms with Gasteiger partial charge in [0.2, 0.25) is 5.91 Å². The van der Waals surface area contributed by atoms with E-state index in [4.69, 9.17) is 9.47 Å². The number of imide groups is 1. The van der Waals surface area contributed by atoms with E-state index in [0.29, 0.717) is 31.2 Å². The number of urea groups is 1. The van der Waals surface area contributed by atoms with Gasteiger partial charge in [-0.3, -0.25) is 15.0 Å². The third kappa shape index (κ3) is 5.03. The molecule has 2 aliphatic heterocycles. The molecular weight excluding hydrogens is 372 g/mol. The molecule has 0 aliphatic carbocycles. The minimum atomic E-state index is -0.424. The van der Waals surface area contributed by atoms with Gasteiger partial charge in [0.1, 0.15) is 6.61 Å². The first-order valence-electron chi connectivity index (χ1n) is 9.81. The highest BCUT2D eigenvalue weighted by atomic mass is 16.6. The van der Waals surface area contributed by atoms with Crippen LogP contribution in [0, 0.1) is 0 Å². The van der Waals surface area contributed by atoms with Crippen LogP contribution >= 0.6 is 0 Å². The van der Waals surface area contributed by atoms with Crippen molar-refractivity contribution in [3.8, 4) is 11.6 Å². The van der Waals surface area contributed by atoms with Gasteiger partial charge >= 0.3 is 6.03 Å². The quantitative estimate of drug-likeness (QED) is 0.825. The zero-order valence-corrected chi connectivity index (χ0v) is 16.1. The van der Waals surface area contributed by atoms with Gasteiger partial charge in [-0.1, -0.05) is 24.3 Å². The SMILES string of the molecule is O=C1CCCN(Cc2ccc([C@H]3COc4cccnc4O3)cc2)CCNC(=O)N1. The van der Waals surface area contributed by atoms with Gasteiger partial charge in [-0.2, -0.15) is 0 Å². The molecule has 1 fully saturated rings. The third-order valence-electron chi connectivity index (χ3n) is 4.98. The first-order valence-corrected chi connectivity index (χ1v) is 9.81. The van der Waals surface area contributed by atoms with Crippen LogP contribution in [0.5, 0.6) is 11.6 Å². The third-order valence-corrected chi connectivity index (χ3v) is 4.98. The number of hydrogen-bond acceptors (Lipinski definition) is 6. The van der Waals surface area contributed by atoms with Crippen LogP contribution in [0.2, 0.25) is 0 Å². The van der Waals surface area contributed by atoms with Crippen molar-refractivity contribution in [1.82, 2.24) is 20.5 Å². The molecule has 1 aromatic carbocycles. The van der Waals surface area contributed by atoms with E-state index in [2.05, 4.69) is 32.7 Å². The second kappa shape index (κ2) is 8.91. The summed E-state index contributed by atoms with van der Waals surface area (Å²) in [7, 11) is 0. The molecule has 0 bridgehead atoms. The monoisotopic (exact) mass is 396 g/mol. The number of carbonyl (C=O) groups excluding carboxylic acids is 2. The molecule has 4 rings (SSSR count). The van der Waals surface area contributed by atoms with Crippen LogP contribution < -0.4 is 20.1 Å². The van der Waals surface area contributed by atoms with Gasteiger partial charge in [-0.25, -0.2) is 9.78 Å². The molecule has 1 aromatic heterocycles. The minimum Gasteiger partial charge on any atom is -0.484 e. The number of pyridine rings is 1. The smallest absolute Gasteiger partial charge is 0.321 e. The van der Waals surface area contributed by atoms with E-state index in [0.717, 1.165) is 37.2 Å². The van der Waals surface area contributed by atoms with Gasteiger partial charge in [-0.05, 0) is 36.2 Å². The molecule has 0 radical (unpaired) electrons. The Bertz CT molecular complexity index is 851. The summed E-state index contributed by atoms with van der Waals surface area (Å²) in [4.78, 5) is 29.6. The number of aromatic nitrogens is 1. The van der Waals surface area contributed by atoms with Crippen molar-refractivity contribution in [2.24, 2.45) is 0 Å². The van der Waals surface area contributed by atoms with E-state index >= 15 is 0 Å². The maximum atomic E-state index is 11.6. The fourth-order valence-corrected chi connectivity index (χ4v) is 3.46. The van der Waals surface area contributed by atoms with Crippen LogP contribution in [0.4, 0.5) is 4.79 Å². The number of ether oxygens (including phenoxy) is 2. The van der Waals surface area contributed by atoms with Crippen LogP contribution in [0.3, 0.4) is 0 Å². The number of amides is 3. The van der Waals surface area contributed by atoms with Crippen molar-refractivity contribution in [1.29, 1.82) is 0 Å². The highest BCUT2D eigenvalue weighted by Crippen LogP contribution is 2.33. The molecule has 152 valence electrons. The highest BCUT2D eigenvalue weighted by molar-refractivity contribution is 5.94. The predicted octanol–water partition coefficient (Wildman–Crippen LogP) is 2.02. The van der Waals surface area contributed by atoms with Crippen LogP contribution in [-0.4, -0.2) is 48.1 Å². The van der Waals surface area contributed by atoms with E-state index in [-0.39, 0.29) is 12.0 Å². The van der Waals surface area contributed by atoms with Crippen molar-refractivity contribution >= 4 is 11.9 Å². The Morgan fingerprint density at radius 2 is 2.00 bits per heavy atom. The largest absolute Gasteiger partial charge is 0.484 e. The number of benzene rings is 1. The number of nitrogens with one attached hydrogen (secondary N) is 2. The van der Waals surface area contributed by atoms with Crippen molar-refractivity contribution in [2.75, 3.05) is 26.2 Å².